The maximum absolute atomic E-state index is 12.7. The number of hydrogen-bond acceptors (Lipinski definition) is 2. The Balaban J connectivity index is 1.87. The van der Waals surface area contributed by atoms with Gasteiger partial charge in [-0.25, -0.2) is 0 Å². The van der Waals surface area contributed by atoms with Crippen LogP contribution in [-0.2, 0) is 10.2 Å². The van der Waals surface area contributed by atoms with E-state index in [0.29, 0.717) is 13.1 Å². The summed E-state index contributed by atoms with van der Waals surface area (Å²) in [6.45, 7) is 10.7. The number of nitrogens with one attached hydrogen (secondary N) is 1. The van der Waals surface area contributed by atoms with Gasteiger partial charge in [0.15, 0.2) is 0 Å². The molecule has 1 saturated heterocycles. The third-order valence-corrected chi connectivity index (χ3v) is 4.98. The highest BCUT2D eigenvalue weighted by atomic mass is 16.2. The van der Waals surface area contributed by atoms with Crippen molar-refractivity contribution in [2.45, 2.75) is 58.8 Å². The van der Waals surface area contributed by atoms with Crippen molar-refractivity contribution in [1.82, 2.24) is 10.2 Å². The van der Waals surface area contributed by atoms with Gasteiger partial charge in [0.2, 0.25) is 5.91 Å². The number of unbranched alkanes of at least 4 members (excludes halogenated alkanes) is 1. The molecule has 1 aromatic rings. The lowest BCUT2D eigenvalue weighted by molar-refractivity contribution is -0.126. The van der Waals surface area contributed by atoms with E-state index in [1.807, 2.05) is 29.2 Å². The Bertz CT molecular complexity index is 579. The molecular formula is C21H32N2O2. The summed E-state index contributed by atoms with van der Waals surface area (Å²) in [7, 11) is 0. The normalized spacial score (nSPS) is 15.9. The van der Waals surface area contributed by atoms with E-state index < -0.39 is 0 Å². The summed E-state index contributed by atoms with van der Waals surface area (Å²) in [5.41, 5.74) is 2.05. The third-order valence-electron chi connectivity index (χ3n) is 4.98. The zero-order valence-electron chi connectivity index (χ0n) is 16.1. The smallest absolute Gasteiger partial charge is 0.253 e. The summed E-state index contributed by atoms with van der Waals surface area (Å²) in [5.74, 6) is 0.268. The maximum Gasteiger partial charge on any atom is 0.253 e. The van der Waals surface area contributed by atoms with Gasteiger partial charge in [0.05, 0.1) is 0 Å². The first kappa shape index (κ1) is 19.5. The van der Waals surface area contributed by atoms with Crippen LogP contribution in [0.5, 0.6) is 0 Å². The highest BCUT2D eigenvalue weighted by Crippen LogP contribution is 2.24. The number of likely N-dealkylation sites (tertiary alicyclic amines) is 1. The minimum Gasteiger partial charge on any atom is -0.356 e. The van der Waals surface area contributed by atoms with E-state index in [2.05, 4.69) is 33.0 Å². The number of carbonyl (C=O) groups excluding carboxylic acids is 2. The fourth-order valence-electron chi connectivity index (χ4n) is 3.17. The molecule has 0 atom stereocenters. The molecule has 0 bridgehead atoms. The first-order valence-electron chi connectivity index (χ1n) is 9.50. The zero-order valence-corrected chi connectivity index (χ0v) is 16.1. The van der Waals surface area contributed by atoms with E-state index >= 15 is 0 Å². The van der Waals surface area contributed by atoms with Gasteiger partial charge < -0.3 is 10.2 Å². The summed E-state index contributed by atoms with van der Waals surface area (Å²) in [6.07, 6.45) is 3.61. The third kappa shape index (κ3) is 5.32. The molecule has 0 aliphatic carbocycles. The van der Waals surface area contributed by atoms with Crippen molar-refractivity contribution >= 4 is 11.8 Å². The van der Waals surface area contributed by atoms with E-state index in [1.165, 1.54) is 5.56 Å². The Morgan fingerprint density at radius 3 is 2.24 bits per heavy atom. The first-order valence-corrected chi connectivity index (χ1v) is 9.50. The average molecular weight is 344 g/mol. The second-order valence-electron chi connectivity index (χ2n) is 8.04. The topological polar surface area (TPSA) is 49.4 Å². The predicted molar refractivity (Wildman–Crippen MR) is 102 cm³/mol. The maximum atomic E-state index is 12.7. The summed E-state index contributed by atoms with van der Waals surface area (Å²) in [5, 5.41) is 3.01. The van der Waals surface area contributed by atoms with E-state index in [0.717, 1.165) is 37.8 Å². The van der Waals surface area contributed by atoms with Crippen molar-refractivity contribution in [3.05, 3.63) is 35.4 Å². The van der Waals surface area contributed by atoms with Crippen LogP contribution in [0.25, 0.3) is 0 Å². The molecule has 1 aliphatic rings. The molecule has 1 N–H and O–H groups in total. The molecule has 0 spiro atoms. The fraction of sp³-hybridized carbons (Fsp3) is 0.619. The zero-order chi connectivity index (χ0) is 18.4. The molecule has 2 amide bonds. The number of carbonyl (C=O) groups is 2. The van der Waals surface area contributed by atoms with Crippen molar-refractivity contribution in [2.75, 3.05) is 19.6 Å². The SMILES string of the molecule is CCCCNC(=O)C1CCN(C(=O)c2ccc(C(C)(C)C)cc2)CC1. The Hall–Kier alpha value is -1.84. The first-order chi connectivity index (χ1) is 11.8. The van der Waals surface area contributed by atoms with Crippen molar-refractivity contribution < 1.29 is 9.59 Å². The molecule has 1 aliphatic heterocycles. The Morgan fingerprint density at radius 2 is 1.72 bits per heavy atom. The minimum atomic E-state index is 0.0455. The van der Waals surface area contributed by atoms with Crippen LogP contribution in [0.4, 0.5) is 0 Å². The lowest BCUT2D eigenvalue weighted by Gasteiger charge is -2.31. The van der Waals surface area contributed by atoms with Gasteiger partial charge in [-0.1, -0.05) is 46.2 Å². The Morgan fingerprint density at radius 1 is 1.12 bits per heavy atom. The second-order valence-corrected chi connectivity index (χ2v) is 8.04. The van der Waals surface area contributed by atoms with Gasteiger partial charge in [0, 0.05) is 31.1 Å². The Kier molecular flexibility index (Phi) is 6.63. The number of piperidine rings is 1. The lowest BCUT2D eigenvalue weighted by atomic mass is 9.86. The van der Waals surface area contributed by atoms with Gasteiger partial charge in [0.1, 0.15) is 0 Å². The molecule has 1 fully saturated rings. The number of hydrogen-bond donors (Lipinski definition) is 1. The predicted octanol–water partition coefficient (Wildman–Crippen LogP) is 3.75. The van der Waals surface area contributed by atoms with Gasteiger partial charge in [-0.15, -0.1) is 0 Å². The second kappa shape index (κ2) is 8.50. The van der Waals surface area contributed by atoms with E-state index in [4.69, 9.17) is 0 Å². The molecular weight excluding hydrogens is 312 g/mol. The van der Waals surface area contributed by atoms with Crippen molar-refractivity contribution in [3.8, 4) is 0 Å². The van der Waals surface area contributed by atoms with Gasteiger partial charge in [-0.3, -0.25) is 9.59 Å². The van der Waals surface area contributed by atoms with Gasteiger partial charge in [0.25, 0.3) is 5.91 Å². The molecule has 25 heavy (non-hydrogen) atoms. The molecule has 0 unspecified atom stereocenters. The largest absolute Gasteiger partial charge is 0.356 e. The van der Waals surface area contributed by atoms with Crippen molar-refractivity contribution in [2.24, 2.45) is 5.92 Å². The monoisotopic (exact) mass is 344 g/mol. The Labute approximate surface area is 152 Å². The van der Waals surface area contributed by atoms with Crippen molar-refractivity contribution in [3.63, 3.8) is 0 Å². The number of nitrogens with zero attached hydrogens (tertiary/aromatic N) is 1. The fourth-order valence-corrected chi connectivity index (χ4v) is 3.17. The van der Waals surface area contributed by atoms with Crippen LogP contribution in [0.2, 0.25) is 0 Å². The van der Waals surface area contributed by atoms with Gasteiger partial charge in [-0.05, 0) is 42.4 Å². The molecule has 4 nitrogen and oxygen atoms in total. The highest BCUT2D eigenvalue weighted by molar-refractivity contribution is 5.94. The molecule has 0 aromatic heterocycles. The van der Waals surface area contributed by atoms with E-state index in [9.17, 15) is 9.59 Å². The van der Waals surface area contributed by atoms with Crippen LogP contribution < -0.4 is 5.32 Å². The standard InChI is InChI=1S/C21H32N2O2/c1-5-6-13-22-19(24)16-11-14-23(15-12-16)20(25)17-7-9-18(10-8-17)21(2,3)4/h7-10,16H,5-6,11-15H2,1-4H3,(H,22,24). The molecule has 0 radical (unpaired) electrons. The van der Waals surface area contributed by atoms with E-state index in [-0.39, 0.29) is 23.1 Å². The van der Waals surface area contributed by atoms with Crippen LogP contribution in [0.15, 0.2) is 24.3 Å². The lowest BCUT2D eigenvalue weighted by Crippen LogP contribution is -2.43. The summed E-state index contributed by atoms with van der Waals surface area (Å²) in [4.78, 5) is 26.7. The van der Waals surface area contributed by atoms with Crippen LogP contribution in [-0.4, -0.2) is 36.3 Å². The summed E-state index contributed by atoms with van der Waals surface area (Å²) in [6, 6.07) is 7.93. The molecule has 1 aromatic carbocycles. The van der Waals surface area contributed by atoms with E-state index in [1.54, 1.807) is 0 Å². The van der Waals surface area contributed by atoms with Crippen LogP contribution in [0.3, 0.4) is 0 Å². The highest BCUT2D eigenvalue weighted by Gasteiger charge is 2.27. The quantitative estimate of drug-likeness (QED) is 0.827. The van der Waals surface area contributed by atoms with Gasteiger partial charge >= 0.3 is 0 Å². The minimum absolute atomic E-state index is 0.0455. The van der Waals surface area contributed by atoms with Crippen molar-refractivity contribution in [1.29, 1.82) is 0 Å². The average Bonchev–Trinajstić information content (AvgIpc) is 2.61. The number of amides is 2. The van der Waals surface area contributed by atoms with Crippen LogP contribution >= 0.6 is 0 Å². The molecule has 1 heterocycles. The number of benzene rings is 1. The molecule has 138 valence electrons. The van der Waals surface area contributed by atoms with Crippen LogP contribution in [0.1, 0.15) is 69.3 Å². The van der Waals surface area contributed by atoms with Gasteiger partial charge in [-0.2, -0.15) is 0 Å². The molecule has 0 saturated carbocycles. The molecule has 4 heteroatoms. The summed E-state index contributed by atoms with van der Waals surface area (Å²) < 4.78 is 0. The van der Waals surface area contributed by atoms with Crippen LogP contribution in [0, 0.1) is 5.92 Å². The number of rotatable bonds is 5. The summed E-state index contributed by atoms with van der Waals surface area (Å²) >= 11 is 0. The molecule has 2 rings (SSSR count).